The van der Waals surface area contributed by atoms with E-state index >= 15 is 0 Å². The van der Waals surface area contributed by atoms with E-state index in [0.29, 0.717) is 0 Å². The van der Waals surface area contributed by atoms with Crippen molar-refractivity contribution >= 4 is 116 Å². The average molecular weight is 917 g/mol. The summed E-state index contributed by atoms with van der Waals surface area (Å²) >= 11 is 1.90. The van der Waals surface area contributed by atoms with Gasteiger partial charge >= 0.3 is 0 Å². The van der Waals surface area contributed by atoms with Crippen LogP contribution in [0.1, 0.15) is 84.6 Å². The van der Waals surface area contributed by atoms with Gasteiger partial charge in [-0.25, -0.2) is 0 Å². The van der Waals surface area contributed by atoms with E-state index in [1.54, 1.807) is 0 Å². The zero-order chi connectivity index (χ0) is 47.5. The lowest BCUT2D eigenvalue weighted by molar-refractivity contribution is 0.590. The van der Waals surface area contributed by atoms with Crippen LogP contribution < -0.4 is 14.7 Å². The summed E-state index contributed by atoms with van der Waals surface area (Å²) in [6, 6.07) is 59.4. The number of hydrogen-bond acceptors (Lipinski definition) is 5. The Morgan fingerprint density at radius 2 is 0.971 bits per heavy atom. The van der Waals surface area contributed by atoms with Crippen molar-refractivity contribution in [3.63, 3.8) is 0 Å². The van der Waals surface area contributed by atoms with E-state index in [1.165, 1.54) is 47.8 Å². The molecule has 0 aliphatic carbocycles. The van der Waals surface area contributed by atoms with E-state index < -0.39 is 0 Å². The van der Waals surface area contributed by atoms with Crippen LogP contribution in [0.5, 0.6) is 0 Å². The molecule has 0 atom stereocenters. The highest BCUT2D eigenvalue weighted by atomic mass is 32.1. The summed E-state index contributed by atoms with van der Waals surface area (Å²) in [5.41, 5.74) is 17.9. The number of benzene rings is 8. The molecule has 2 aliphatic rings. The van der Waals surface area contributed by atoms with Gasteiger partial charge in [0.1, 0.15) is 17.1 Å². The van der Waals surface area contributed by atoms with Crippen LogP contribution in [0, 0.1) is 6.92 Å². The topological polar surface area (TPSA) is 27.8 Å². The number of nitrogens with zero attached hydrogens (tertiary/aromatic N) is 4. The Kier molecular flexibility index (Phi) is 8.73. The third-order valence-electron chi connectivity index (χ3n) is 14.7. The molecule has 0 saturated heterocycles. The van der Waals surface area contributed by atoms with Gasteiger partial charge in [-0.05, 0) is 124 Å². The maximum atomic E-state index is 7.20. The molecule has 0 unspecified atom stereocenters. The first-order chi connectivity index (χ1) is 33.0. The van der Waals surface area contributed by atoms with E-state index in [0.717, 1.165) is 84.5 Å². The van der Waals surface area contributed by atoms with Gasteiger partial charge in [0.25, 0.3) is 0 Å². The fourth-order valence-electron chi connectivity index (χ4n) is 11.1. The standard InChI is InChI=1S/C63H56N4OS/c1-37-35-50-55-51(36-37)65(42-27-21-39(22-28-42)62(5,6)7)57-54-48(33-32-47-45-16-12-14-18-53(45)69-59(47)54)66(43-29-23-40(24-30-43)63(8,9)10)60(57)67(55)56-49(64(50)41-25-19-38(20-26-41)61(2,3)4)34-31-46-44-15-11-13-17-52(44)68-58(46)56/h11-36H,1-10H3. The molecule has 3 aromatic heterocycles. The fraction of sp³-hybridized carbons (Fsp3) is 0.206. The van der Waals surface area contributed by atoms with Crippen molar-refractivity contribution in [2.24, 2.45) is 0 Å². The first-order valence-corrected chi connectivity index (χ1v) is 25.2. The lowest BCUT2D eigenvalue weighted by Crippen LogP contribution is -2.31. The van der Waals surface area contributed by atoms with Gasteiger partial charge in [0.2, 0.25) is 0 Å². The molecule has 0 amide bonds. The van der Waals surface area contributed by atoms with Crippen LogP contribution in [0.3, 0.4) is 0 Å². The Balaban J connectivity index is 1.23. The number of furan rings is 1. The van der Waals surface area contributed by atoms with Crippen molar-refractivity contribution in [3.8, 4) is 5.69 Å². The highest BCUT2D eigenvalue weighted by Crippen LogP contribution is 2.67. The SMILES string of the molecule is Cc1cc2c3c(c1)N(c1ccc(C(C)(C)C)cc1)c1c(n(-c4ccc(C(C)(C)C)cc4)c4ccc5c6ccccc6sc5c14)N3c1c(ccc3c1oc1ccccc13)N2c1ccc(C(C)(C)C)cc1. The summed E-state index contributed by atoms with van der Waals surface area (Å²) in [6.45, 7) is 22.9. The number of para-hydroxylation sites is 1. The van der Waals surface area contributed by atoms with Crippen LogP contribution >= 0.6 is 11.3 Å². The number of rotatable bonds is 3. The summed E-state index contributed by atoms with van der Waals surface area (Å²) in [7, 11) is 0. The summed E-state index contributed by atoms with van der Waals surface area (Å²) in [5.74, 6) is 1.08. The second-order valence-electron chi connectivity index (χ2n) is 22.4. The monoisotopic (exact) mass is 916 g/mol. The second kappa shape index (κ2) is 14.4. The average Bonchev–Trinajstić information content (AvgIpc) is 4.00. The largest absolute Gasteiger partial charge is 0.454 e. The molecular weight excluding hydrogens is 861 g/mol. The van der Waals surface area contributed by atoms with Crippen LogP contribution in [0.4, 0.5) is 51.3 Å². The van der Waals surface area contributed by atoms with Gasteiger partial charge in [-0.1, -0.05) is 141 Å². The minimum atomic E-state index is -0.00588. The molecule has 2 aliphatic heterocycles. The Bertz CT molecular complexity index is 3900. The molecule has 11 aromatic rings. The number of fused-ring (bicyclic) bond motifs is 14. The minimum Gasteiger partial charge on any atom is -0.454 e. The van der Waals surface area contributed by atoms with Crippen molar-refractivity contribution in [2.45, 2.75) is 85.5 Å². The first-order valence-electron chi connectivity index (χ1n) is 24.3. The highest BCUT2D eigenvalue weighted by molar-refractivity contribution is 7.26. The van der Waals surface area contributed by atoms with Crippen molar-refractivity contribution in [1.82, 2.24) is 4.57 Å². The van der Waals surface area contributed by atoms with E-state index in [-0.39, 0.29) is 16.2 Å². The Morgan fingerprint density at radius 3 is 1.59 bits per heavy atom. The van der Waals surface area contributed by atoms with Crippen molar-refractivity contribution in [1.29, 1.82) is 0 Å². The maximum Gasteiger partial charge on any atom is 0.161 e. The summed E-state index contributed by atoms with van der Waals surface area (Å²) in [6.07, 6.45) is 0. The van der Waals surface area contributed by atoms with E-state index in [9.17, 15) is 0 Å². The van der Waals surface area contributed by atoms with Crippen molar-refractivity contribution in [2.75, 3.05) is 14.7 Å². The molecular formula is C63H56N4OS. The first kappa shape index (κ1) is 41.9. The summed E-state index contributed by atoms with van der Waals surface area (Å²) in [5, 5.41) is 5.99. The molecule has 0 radical (unpaired) electrons. The van der Waals surface area contributed by atoms with Gasteiger partial charge in [0.15, 0.2) is 5.58 Å². The van der Waals surface area contributed by atoms with Gasteiger partial charge in [0, 0.05) is 53.4 Å². The molecule has 8 aromatic carbocycles. The zero-order valence-corrected chi connectivity index (χ0v) is 41.9. The molecule has 340 valence electrons. The second-order valence-corrected chi connectivity index (χ2v) is 23.5. The predicted molar refractivity (Wildman–Crippen MR) is 295 cm³/mol. The number of thiophene rings is 1. The molecule has 0 spiro atoms. The van der Waals surface area contributed by atoms with Crippen molar-refractivity contribution in [3.05, 3.63) is 180 Å². The van der Waals surface area contributed by atoms with E-state index in [4.69, 9.17) is 4.42 Å². The molecule has 69 heavy (non-hydrogen) atoms. The summed E-state index contributed by atoms with van der Waals surface area (Å²) < 4.78 is 12.3. The number of hydrogen-bond donors (Lipinski definition) is 0. The molecule has 0 saturated carbocycles. The summed E-state index contributed by atoms with van der Waals surface area (Å²) in [4.78, 5) is 7.65. The molecule has 0 bridgehead atoms. The third-order valence-corrected chi connectivity index (χ3v) is 15.9. The van der Waals surface area contributed by atoms with Gasteiger partial charge in [-0.15, -0.1) is 11.3 Å². The normalized spacial score (nSPS) is 13.9. The smallest absolute Gasteiger partial charge is 0.161 e. The Hall–Kier alpha value is -7.28. The highest BCUT2D eigenvalue weighted by Gasteiger charge is 2.45. The lowest BCUT2D eigenvalue weighted by atomic mass is 9.87. The molecule has 5 nitrogen and oxygen atoms in total. The molecule has 0 fully saturated rings. The minimum absolute atomic E-state index is 0.00504. The Labute approximate surface area is 408 Å². The van der Waals surface area contributed by atoms with Crippen LogP contribution in [-0.2, 0) is 16.2 Å². The molecule has 6 heteroatoms. The van der Waals surface area contributed by atoms with E-state index in [1.807, 2.05) is 11.3 Å². The zero-order valence-electron chi connectivity index (χ0n) is 41.1. The number of aryl methyl sites for hydroxylation is 1. The van der Waals surface area contributed by atoms with Gasteiger partial charge < -0.3 is 14.2 Å². The van der Waals surface area contributed by atoms with Crippen LogP contribution in [0.25, 0.3) is 58.7 Å². The van der Waals surface area contributed by atoms with Gasteiger partial charge in [-0.3, -0.25) is 9.47 Å². The molecule has 13 rings (SSSR count). The predicted octanol–water partition coefficient (Wildman–Crippen LogP) is 19.1. The third kappa shape index (κ3) is 6.14. The number of aromatic nitrogens is 1. The van der Waals surface area contributed by atoms with Crippen LogP contribution in [-0.4, -0.2) is 4.57 Å². The molecule has 5 heterocycles. The fourth-order valence-corrected chi connectivity index (χ4v) is 12.4. The van der Waals surface area contributed by atoms with Crippen LogP contribution in [0.2, 0.25) is 0 Å². The maximum absolute atomic E-state index is 7.20. The molecule has 0 N–H and O–H groups in total. The Morgan fingerprint density at radius 1 is 0.435 bits per heavy atom. The number of anilines is 9. The quantitative estimate of drug-likeness (QED) is 0.177. The van der Waals surface area contributed by atoms with Crippen molar-refractivity contribution < 1.29 is 4.42 Å². The van der Waals surface area contributed by atoms with Crippen LogP contribution in [0.15, 0.2) is 162 Å². The lowest BCUT2D eigenvalue weighted by Gasteiger charge is -2.46. The van der Waals surface area contributed by atoms with E-state index in [2.05, 4.69) is 246 Å². The van der Waals surface area contributed by atoms with Gasteiger partial charge in [-0.2, -0.15) is 0 Å². The van der Waals surface area contributed by atoms with Gasteiger partial charge in [0.05, 0.1) is 34.0 Å².